The molecule has 1 aliphatic rings. The second-order valence-corrected chi connectivity index (χ2v) is 5.48. The van der Waals surface area contributed by atoms with Crippen molar-refractivity contribution < 1.29 is 19.4 Å². The molecular weight excluding hydrogens is 306 g/mol. The van der Waals surface area contributed by atoms with Crippen molar-refractivity contribution in [2.45, 2.75) is 6.10 Å². The summed E-state index contributed by atoms with van der Waals surface area (Å²) >= 11 is 0. The molecule has 2 aromatic carbocycles. The van der Waals surface area contributed by atoms with E-state index in [0.29, 0.717) is 11.1 Å². The van der Waals surface area contributed by atoms with E-state index in [9.17, 15) is 15.0 Å². The quantitative estimate of drug-likeness (QED) is 0.771. The number of hydrogen-bond acceptors (Lipinski definition) is 4. The third kappa shape index (κ3) is 2.23. The molecule has 0 saturated heterocycles. The number of benzene rings is 2. The summed E-state index contributed by atoms with van der Waals surface area (Å²) < 4.78 is 5.78. The van der Waals surface area contributed by atoms with Crippen molar-refractivity contribution in [1.29, 1.82) is 0 Å². The summed E-state index contributed by atoms with van der Waals surface area (Å²) in [6.45, 7) is 0. The average molecular weight is 319 g/mol. The molecule has 118 valence electrons. The molecule has 1 aliphatic carbocycles. The first-order valence-corrected chi connectivity index (χ1v) is 7.44. The van der Waals surface area contributed by atoms with E-state index in [4.69, 9.17) is 4.42 Å². The lowest BCUT2D eigenvalue weighted by Gasteiger charge is -2.03. The van der Waals surface area contributed by atoms with Crippen LogP contribution in [-0.4, -0.2) is 21.2 Å². The maximum absolute atomic E-state index is 11.5. The van der Waals surface area contributed by atoms with Gasteiger partial charge in [0.2, 0.25) is 5.89 Å². The van der Waals surface area contributed by atoms with E-state index in [2.05, 4.69) is 4.98 Å². The smallest absolute Gasteiger partial charge is 0.358 e. The summed E-state index contributed by atoms with van der Waals surface area (Å²) in [6.07, 6.45) is 0.869. The Morgan fingerprint density at radius 1 is 1.04 bits per heavy atom. The molecule has 1 unspecified atom stereocenters. The number of aromatic carboxylic acids is 1. The lowest BCUT2D eigenvalue weighted by molar-refractivity contribution is 0.0691. The summed E-state index contributed by atoms with van der Waals surface area (Å²) in [5, 5.41) is 19.6. The largest absolute Gasteiger partial charge is 0.476 e. The molecule has 0 spiro atoms. The van der Waals surface area contributed by atoms with Crippen LogP contribution in [0.15, 0.2) is 65.1 Å². The number of fused-ring (bicyclic) bond motifs is 1. The van der Waals surface area contributed by atoms with Crippen LogP contribution in [0, 0.1) is 0 Å². The Balaban J connectivity index is 1.87. The van der Waals surface area contributed by atoms with E-state index < -0.39 is 12.1 Å². The predicted octanol–water partition coefficient (Wildman–Crippen LogP) is 3.52. The molecule has 24 heavy (non-hydrogen) atoms. The molecule has 0 fully saturated rings. The van der Waals surface area contributed by atoms with Gasteiger partial charge in [0.1, 0.15) is 0 Å². The Morgan fingerprint density at radius 2 is 1.75 bits per heavy atom. The monoisotopic (exact) mass is 319 g/mol. The number of rotatable bonds is 3. The van der Waals surface area contributed by atoms with E-state index in [1.807, 2.05) is 30.3 Å². The first-order valence-electron chi connectivity index (χ1n) is 7.44. The second kappa shape index (κ2) is 5.47. The number of aliphatic hydroxyl groups excluding tert-OH is 1. The van der Waals surface area contributed by atoms with Crippen LogP contribution in [0.3, 0.4) is 0 Å². The number of nitrogens with zero attached hydrogens (tertiary/aromatic N) is 1. The number of carboxylic acids is 1. The number of aromatic nitrogens is 1. The fourth-order valence-electron chi connectivity index (χ4n) is 2.89. The second-order valence-electron chi connectivity index (χ2n) is 5.48. The Hall–Kier alpha value is -3.18. The fraction of sp³-hybridized carbons (Fsp3) is 0.0526. The minimum absolute atomic E-state index is 0.143. The van der Waals surface area contributed by atoms with Crippen LogP contribution in [0.2, 0.25) is 0 Å². The standard InChI is InChI=1S/C19H13NO4/c21-15-10-14(12-8-4-5-9-13(12)15)18-20-16(19(22)23)17(24-18)11-6-2-1-3-7-11/h1-10,15,21H,(H,22,23). The molecule has 0 saturated carbocycles. The van der Waals surface area contributed by atoms with Gasteiger partial charge in [-0.1, -0.05) is 54.6 Å². The summed E-state index contributed by atoms with van der Waals surface area (Å²) in [5.41, 5.74) is 2.64. The number of hydrogen-bond donors (Lipinski definition) is 2. The molecule has 0 radical (unpaired) electrons. The zero-order valence-electron chi connectivity index (χ0n) is 12.5. The van der Waals surface area contributed by atoms with Crippen molar-refractivity contribution >= 4 is 11.5 Å². The van der Waals surface area contributed by atoms with E-state index >= 15 is 0 Å². The van der Waals surface area contributed by atoms with Crippen LogP contribution < -0.4 is 0 Å². The number of carbonyl (C=O) groups is 1. The molecule has 5 heteroatoms. The van der Waals surface area contributed by atoms with Crippen LogP contribution in [-0.2, 0) is 0 Å². The van der Waals surface area contributed by atoms with Gasteiger partial charge in [-0.3, -0.25) is 0 Å². The Labute approximate surface area is 137 Å². The summed E-state index contributed by atoms with van der Waals surface area (Å²) in [6, 6.07) is 16.3. The molecule has 0 amide bonds. The van der Waals surface area contributed by atoms with Crippen molar-refractivity contribution in [2.24, 2.45) is 0 Å². The molecular formula is C19H13NO4. The normalized spacial score (nSPS) is 15.9. The van der Waals surface area contributed by atoms with Crippen LogP contribution in [0.1, 0.15) is 33.6 Å². The van der Waals surface area contributed by atoms with Gasteiger partial charge in [-0.15, -0.1) is 0 Å². The van der Waals surface area contributed by atoms with Gasteiger partial charge in [0.25, 0.3) is 0 Å². The molecule has 0 bridgehead atoms. The third-order valence-electron chi connectivity index (χ3n) is 3.99. The van der Waals surface area contributed by atoms with Crippen molar-refractivity contribution in [3.05, 3.63) is 83.4 Å². The van der Waals surface area contributed by atoms with Gasteiger partial charge in [0, 0.05) is 11.1 Å². The van der Waals surface area contributed by atoms with Gasteiger partial charge >= 0.3 is 5.97 Å². The Bertz CT molecular complexity index is 957. The first-order chi connectivity index (χ1) is 11.6. The summed E-state index contributed by atoms with van der Waals surface area (Å²) in [5.74, 6) is -0.760. The highest BCUT2D eigenvalue weighted by atomic mass is 16.4. The van der Waals surface area contributed by atoms with Gasteiger partial charge in [-0.25, -0.2) is 9.78 Å². The highest BCUT2D eigenvalue weighted by molar-refractivity contribution is 5.93. The van der Waals surface area contributed by atoms with Gasteiger partial charge in [-0.2, -0.15) is 0 Å². The Morgan fingerprint density at radius 3 is 2.50 bits per heavy atom. The first kappa shape index (κ1) is 14.4. The third-order valence-corrected chi connectivity index (χ3v) is 3.99. The minimum Gasteiger partial charge on any atom is -0.476 e. The maximum Gasteiger partial charge on any atom is 0.358 e. The average Bonchev–Trinajstić information content (AvgIpc) is 3.18. The van der Waals surface area contributed by atoms with E-state index in [-0.39, 0.29) is 17.3 Å². The zero-order chi connectivity index (χ0) is 16.7. The lowest BCUT2D eigenvalue weighted by atomic mass is 10.1. The van der Waals surface area contributed by atoms with E-state index in [1.165, 1.54) is 0 Å². The van der Waals surface area contributed by atoms with Crippen molar-refractivity contribution in [1.82, 2.24) is 4.98 Å². The van der Waals surface area contributed by atoms with Gasteiger partial charge < -0.3 is 14.6 Å². The van der Waals surface area contributed by atoms with Gasteiger partial charge in [0.05, 0.1) is 6.10 Å². The fourth-order valence-corrected chi connectivity index (χ4v) is 2.89. The van der Waals surface area contributed by atoms with Crippen LogP contribution in [0.4, 0.5) is 0 Å². The van der Waals surface area contributed by atoms with Crippen molar-refractivity contribution in [3.8, 4) is 11.3 Å². The van der Waals surface area contributed by atoms with Crippen LogP contribution in [0.25, 0.3) is 16.9 Å². The summed E-state index contributed by atoms with van der Waals surface area (Å²) in [7, 11) is 0. The topological polar surface area (TPSA) is 83.6 Å². The SMILES string of the molecule is O=C(O)c1nc(C2=CC(O)c3ccccc32)oc1-c1ccccc1. The molecule has 2 N–H and O–H groups in total. The molecule has 0 aliphatic heterocycles. The molecule has 1 heterocycles. The Kier molecular flexibility index (Phi) is 3.29. The summed E-state index contributed by atoms with van der Waals surface area (Å²) in [4.78, 5) is 15.7. The van der Waals surface area contributed by atoms with Crippen LogP contribution in [0.5, 0.6) is 0 Å². The van der Waals surface area contributed by atoms with Crippen molar-refractivity contribution in [2.75, 3.05) is 0 Å². The van der Waals surface area contributed by atoms with Gasteiger partial charge in [0.15, 0.2) is 11.5 Å². The minimum atomic E-state index is -1.16. The van der Waals surface area contributed by atoms with Crippen molar-refractivity contribution in [3.63, 3.8) is 0 Å². The molecule has 3 aromatic rings. The molecule has 5 nitrogen and oxygen atoms in total. The molecule has 1 aromatic heterocycles. The highest BCUT2D eigenvalue weighted by Crippen LogP contribution is 2.39. The van der Waals surface area contributed by atoms with Gasteiger partial charge in [-0.05, 0) is 17.2 Å². The lowest BCUT2D eigenvalue weighted by Crippen LogP contribution is -1.99. The van der Waals surface area contributed by atoms with E-state index in [1.54, 1.807) is 30.3 Å². The number of aliphatic hydroxyl groups is 1. The van der Waals surface area contributed by atoms with Crippen LogP contribution >= 0.6 is 0 Å². The molecule has 1 atom stereocenters. The number of oxazole rings is 1. The molecule has 4 rings (SSSR count). The van der Waals surface area contributed by atoms with E-state index in [0.717, 1.165) is 11.1 Å². The highest BCUT2D eigenvalue weighted by Gasteiger charge is 2.28. The zero-order valence-corrected chi connectivity index (χ0v) is 12.5. The maximum atomic E-state index is 11.5. The predicted molar refractivity (Wildman–Crippen MR) is 87.4 cm³/mol. The number of carboxylic acid groups (broad SMARTS) is 1.